The van der Waals surface area contributed by atoms with Gasteiger partial charge in [-0.25, -0.2) is 0 Å². The molecule has 0 atom stereocenters. The van der Waals surface area contributed by atoms with Gasteiger partial charge in [-0.1, -0.05) is 24.3 Å². The molecular formula is C21H29NO4. The maximum absolute atomic E-state index is 5.80. The van der Waals surface area contributed by atoms with E-state index in [-0.39, 0.29) is 0 Å². The Hall–Kier alpha value is -2.24. The van der Waals surface area contributed by atoms with Gasteiger partial charge in [0.2, 0.25) is 0 Å². The molecule has 0 aliphatic heterocycles. The van der Waals surface area contributed by atoms with E-state index in [1.54, 1.807) is 0 Å². The highest BCUT2D eigenvalue weighted by Crippen LogP contribution is 2.24. The summed E-state index contributed by atoms with van der Waals surface area (Å²) in [5.74, 6) is 1.68. The summed E-state index contributed by atoms with van der Waals surface area (Å²) in [5.41, 5.74) is 2.11. The molecule has 1 N–H and O–H groups in total. The van der Waals surface area contributed by atoms with E-state index in [0.29, 0.717) is 46.2 Å². The summed E-state index contributed by atoms with van der Waals surface area (Å²) in [6, 6.07) is 16.0. The highest BCUT2D eigenvalue weighted by atomic mass is 16.5. The van der Waals surface area contributed by atoms with Crippen LogP contribution in [0.5, 0.6) is 11.5 Å². The van der Waals surface area contributed by atoms with Crippen LogP contribution in [0.25, 0.3) is 0 Å². The van der Waals surface area contributed by atoms with Crippen LogP contribution in [0.3, 0.4) is 0 Å². The van der Waals surface area contributed by atoms with Crippen molar-refractivity contribution in [1.82, 2.24) is 0 Å². The van der Waals surface area contributed by atoms with Crippen LogP contribution in [0.4, 0.5) is 5.69 Å². The third kappa shape index (κ3) is 7.33. The highest BCUT2D eigenvalue weighted by molar-refractivity contribution is 5.56. The lowest BCUT2D eigenvalue weighted by atomic mass is 10.2. The second kappa shape index (κ2) is 12.2. The van der Waals surface area contributed by atoms with Gasteiger partial charge < -0.3 is 24.3 Å². The van der Waals surface area contributed by atoms with Crippen LogP contribution in [0.15, 0.2) is 48.5 Å². The van der Waals surface area contributed by atoms with E-state index in [2.05, 4.69) is 11.4 Å². The smallest absolute Gasteiger partial charge is 0.142 e. The molecule has 0 aliphatic carbocycles. The van der Waals surface area contributed by atoms with E-state index < -0.39 is 0 Å². The predicted molar refractivity (Wildman–Crippen MR) is 104 cm³/mol. The molecule has 0 fully saturated rings. The molecule has 142 valence electrons. The first-order valence-corrected chi connectivity index (χ1v) is 9.16. The maximum atomic E-state index is 5.80. The number of para-hydroxylation sites is 2. The Morgan fingerprint density at radius 1 is 0.769 bits per heavy atom. The molecule has 0 saturated heterocycles. The standard InChI is InChI=1S/C21H29NO4/c1-3-23-12-14-25-19-9-7-8-18(16-19)17-22-20-10-5-6-11-21(20)26-15-13-24-4-2/h5-11,16,22H,3-4,12-15,17H2,1-2H3. The third-order valence-electron chi connectivity index (χ3n) is 3.66. The maximum Gasteiger partial charge on any atom is 0.142 e. The first-order chi connectivity index (χ1) is 12.8. The monoisotopic (exact) mass is 359 g/mol. The molecule has 0 heterocycles. The molecule has 26 heavy (non-hydrogen) atoms. The van der Waals surface area contributed by atoms with Crippen molar-refractivity contribution < 1.29 is 18.9 Å². The Kier molecular flexibility index (Phi) is 9.40. The largest absolute Gasteiger partial charge is 0.491 e. The van der Waals surface area contributed by atoms with Crippen molar-refractivity contribution in [2.75, 3.05) is 45.0 Å². The zero-order valence-electron chi connectivity index (χ0n) is 15.7. The van der Waals surface area contributed by atoms with E-state index >= 15 is 0 Å². The van der Waals surface area contributed by atoms with Gasteiger partial charge in [-0.2, -0.15) is 0 Å². The van der Waals surface area contributed by atoms with E-state index in [0.717, 1.165) is 22.7 Å². The first kappa shape index (κ1) is 20.1. The molecule has 2 aromatic carbocycles. The number of rotatable bonds is 13. The second-order valence-electron chi connectivity index (χ2n) is 5.59. The Balaban J connectivity index is 1.86. The van der Waals surface area contributed by atoms with Crippen LogP contribution in [0.1, 0.15) is 19.4 Å². The van der Waals surface area contributed by atoms with Crippen molar-refractivity contribution in [1.29, 1.82) is 0 Å². The molecule has 5 nitrogen and oxygen atoms in total. The molecule has 0 unspecified atom stereocenters. The van der Waals surface area contributed by atoms with Gasteiger partial charge in [0.15, 0.2) is 0 Å². The van der Waals surface area contributed by atoms with Crippen LogP contribution in [-0.2, 0) is 16.0 Å². The Labute approximate surface area is 156 Å². The van der Waals surface area contributed by atoms with Crippen LogP contribution >= 0.6 is 0 Å². The van der Waals surface area contributed by atoms with Gasteiger partial charge in [0.1, 0.15) is 24.7 Å². The quantitative estimate of drug-likeness (QED) is 0.545. The molecule has 0 radical (unpaired) electrons. The fourth-order valence-electron chi connectivity index (χ4n) is 2.40. The number of benzene rings is 2. The normalized spacial score (nSPS) is 10.5. The topological polar surface area (TPSA) is 49.0 Å². The van der Waals surface area contributed by atoms with Crippen molar-refractivity contribution in [3.8, 4) is 11.5 Å². The van der Waals surface area contributed by atoms with Crippen LogP contribution < -0.4 is 14.8 Å². The number of hydrogen-bond acceptors (Lipinski definition) is 5. The lowest BCUT2D eigenvalue weighted by Gasteiger charge is -2.14. The van der Waals surface area contributed by atoms with Crippen molar-refractivity contribution in [2.24, 2.45) is 0 Å². The van der Waals surface area contributed by atoms with Crippen LogP contribution in [-0.4, -0.2) is 39.6 Å². The van der Waals surface area contributed by atoms with Gasteiger partial charge in [-0.15, -0.1) is 0 Å². The molecule has 5 heteroatoms. The van der Waals surface area contributed by atoms with E-state index in [4.69, 9.17) is 18.9 Å². The highest BCUT2D eigenvalue weighted by Gasteiger charge is 2.04. The summed E-state index contributed by atoms with van der Waals surface area (Å²) in [6.07, 6.45) is 0. The number of anilines is 1. The fourth-order valence-corrected chi connectivity index (χ4v) is 2.40. The molecule has 0 saturated carbocycles. The zero-order chi connectivity index (χ0) is 18.5. The molecular weight excluding hydrogens is 330 g/mol. The van der Waals surface area contributed by atoms with Gasteiger partial charge in [-0.05, 0) is 43.7 Å². The minimum Gasteiger partial charge on any atom is -0.491 e. The summed E-state index contributed by atoms with van der Waals surface area (Å²) in [6.45, 7) is 8.34. The molecule has 0 spiro atoms. The van der Waals surface area contributed by atoms with Crippen LogP contribution in [0.2, 0.25) is 0 Å². The average Bonchev–Trinajstić information content (AvgIpc) is 2.68. The Morgan fingerprint density at radius 3 is 2.27 bits per heavy atom. The summed E-state index contributed by atoms with van der Waals surface area (Å²) < 4.78 is 22.1. The number of ether oxygens (including phenoxy) is 4. The van der Waals surface area contributed by atoms with Crippen molar-refractivity contribution in [2.45, 2.75) is 20.4 Å². The fraction of sp³-hybridized carbons (Fsp3) is 0.429. The SMILES string of the molecule is CCOCCOc1cccc(CNc2ccccc2OCCOCC)c1. The van der Waals surface area contributed by atoms with Gasteiger partial charge >= 0.3 is 0 Å². The van der Waals surface area contributed by atoms with Gasteiger partial charge in [-0.3, -0.25) is 0 Å². The predicted octanol–water partition coefficient (Wildman–Crippen LogP) is 4.13. The molecule has 0 aromatic heterocycles. The second-order valence-corrected chi connectivity index (χ2v) is 5.59. The van der Waals surface area contributed by atoms with E-state index in [1.807, 2.05) is 56.3 Å². The lowest BCUT2D eigenvalue weighted by molar-refractivity contribution is 0.110. The minimum absolute atomic E-state index is 0.537. The Bertz CT molecular complexity index is 633. The summed E-state index contributed by atoms with van der Waals surface area (Å²) in [4.78, 5) is 0. The first-order valence-electron chi connectivity index (χ1n) is 9.16. The molecule has 0 bridgehead atoms. The van der Waals surface area contributed by atoms with Crippen molar-refractivity contribution in [3.05, 3.63) is 54.1 Å². The average molecular weight is 359 g/mol. The molecule has 0 aliphatic rings. The molecule has 2 rings (SSSR count). The van der Waals surface area contributed by atoms with Gasteiger partial charge in [0.25, 0.3) is 0 Å². The Morgan fingerprint density at radius 2 is 1.50 bits per heavy atom. The summed E-state index contributed by atoms with van der Waals surface area (Å²) >= 11 is 0. The number of hydrogen-bond donors (Lipinski definition) is 1. The minimum atomic E-state index is 0.537. The van der Waals surface area contributed by atoms with Gasteiger partial charge in [0.05, 0.1) is 18.9 Å². The van der Waals surface area contributed by atoms with Crippen LogP contribution in [0, 0.1) is 0 Å². The van der Waals surface area contributed by atoms with Gasteiger partial charge in [0, 0.05) is 19.8 Å². The van der Waals surface area contributed by atoms with E-state index in [9.17, 15) is 0 Å². The van der Waals surface area contributed by atoms with E-state index in [1.165, 1.54) is 0 Å². The molecule has 2 aromatic rings. The zero-order valence-corrected chi connectivity index (χ0v) is 15.7. The lowest BCUT2D eigenvalue weighted by Crippen LogP contribution is -2.09. The van der Waals surface area contributed by atoms with Crippen molar-refractivity contribution in [3.63, 3.8) is 0 Å². The summed E-state index contributed by atoms with van der Waals surface area (Å²) in [7, 11) is 0. The molecule has 0 amide bonds. The third-order valence-corrected chi connectivity index (χ3v) is 3.66. The van der Waals surface area contributed by atoms with Crippen molar-refractivity contribution >= 4 is 5.69 Å². The summed E-state index contributed by atoms with van der Waals surface area (Å²) in [5, 5.41) is 3.43. The number of nitrogens with one attached hydrogen (secondary N) is 1.